The minimum atomic E-state index is 0.0130. The van der Waals surface area contributed by atoms with Crippen LogP contribution in [0.25, 0.3) is 0 Å². The second kappa shape index (κ2) is 5.05. The highest BCUT2D eigenvalue weighted by Crippen LogP contribution is 2.23. The molecule has 0 saturated heterocycles. The van der Waals surface area contributed by atoms with E-state index < -0.39 is 0 Å². The summed E-state index contributed by atoms with van der Waals surface area (Å²) >= 11 is 1.43. The SMILES string of the molecule is C[C@@H](N)c1ccnc(Sc2ncccn2)c1. The van der Waals surface area contributed by atoms with Gasteiger partial charge in [-0.25, -0.2) is 15.0 Å². The average Bonchev–Trinajstić information content (AvgIpc) is 2.30. The van der Waals surface area contributed by atoms with Gasteiger partial charge in [-0.1, -0.05) is 0 Å². The highest BCUT2D eigenvalue weighted by molar-refractivity contribution is 7.99. The molecule has 0 radical (unpaired) electrons. The minimum Gasteiger partial charge on any atom is -0.324 e. The maximum atomic E-state index is 5.81. The average molecular weight is 232 g/mol. The molecule has 0 amide bonds. The van der Waals surface area contributed by atoms with Crippen LogP contribution in [0, 0.1) is 0 Å². The molecule has 0 aliphatic rings. The zero-order valence-corrected chi connectivity index (χ0v) is 9.69. The molecule has 16 heavy (non-hydrogen) atoms. The van der Waals surface area contributed by atoms with E-state index in [2.05, 4.69) is 15.0 Å². The number of hydrogen-bond donors (Lipinski definition) is 1. The summed E-state index contributed by atoms with van der Waals surface area (Å²) in [6.07, 6.45) is 5.18. The van der Waals surface area contributed by atoms with Crippen molar-refractivity contribution in [2.24, 2.45) is 5.73 Å². The van der Waals surface area contributed by atoms with Crippen LogP contribution in [0.3, 0.4) is 0 Å². The predicted octanol–water partition coefficient (Wildman–Crippen LogP) is 2.04. The van der Waals surface area contributed by atoms with Gasteiger partial charge in [0.1, 0.15) is 5.03 Å². The summed E-state index contributed by atoms with van der Waals surface area (Å²) in [5.74, 6) is 0. The van der Waals surface area contributed by atoms with Crippen LogP contribution in [0.15, 0.2) is 47.0 Å². The van der Waals surface area contributed by atoms with Crippen molar-refractivity contribution in [2.75, 3.05) is 0 Å². The van der Waals surface area contributed by atoms with Crippen molar-refractivity contribution in [3.05, 3.63) is 42.4 Å². The standard InChI is InChI=1S/C11H12N4S/c1-8(12)9-3-6-13-10(7-9)16-11-14-4-2-5-15-11/h2-8H,12H2,1H3/t8-/m1/s1. The maximum absolute atomic E-state index is 5.81. The summed E-state index contributed by atoms with van der Waals surface area (Å²) in [6, 6.07) is 5.68. The largest absolute Gasteiger partial charge is 0.324 e. The monoisotopic (exact) mass is 232 g/mol. The third kappa shape index (κ3) is 2.77. The lowest BCUT2D eigenvalue weighted by atomic mass is 10.1. The van der Waals surface area contributed by atoms with Crippen molar-refractivity contribution in [3.63, 3.8) is 0 Å². The second-order valence-electron chi connectivity index (χ2n) is 3.35. The molecule has 0 aromatic carbocycles. The van der Waals surface area contributed by atoms with E-state index in [1.165, 1.54) is 11.8 Å². The van der Waals surface area contributed by atoms with Crippen LogP contribution < -0.4 is 5.73 Å². The van der Waals surface area contributed by atoms with E-state index in [4.69, 9.17) is 5.73 Å². The molecule has 1 atom stereocenters. The van der Waals surface area contributed by atoms with Crippen molar-refractivity contribution in [1.29, 1.82) is 0 Å². The summed E-state index contributed by atoms with van der Waals surface area (Å²) < 4.78 is 0. The molecule has 82 valence electrons. The summed E-state index contributed by atoms with van der Waals surface area (Å²) in [7, 11) is 0. The lowest BCUT2D eigenvalue weighted by Gasteiger charge is -2.06. The molecule has 0 bridgehead atoms. The molecule has 2 aromatic rings. The van der Waals surface area contributed by atoms with E-state index >= 15 is 0 Å². The summed E-state index contributed by atoms with van der Waals surface area (Å²) in [6.45, 7) is 1.95. The molecule has 0 unspecified atom stereocenters. The van der Waals surface area contributed by atoms with Gasteiger partial charge < -0.3 is 5.73 Å². The van der Waals surface area contributed by atoms with Gasteiger partial charge in [0.2, 0.25) is 0 Å². The van der Waals surface area contributed by atoms with Crippen molar-refractivity contribution in [1.82, 2.24) is 15.0 Å². The Kier molecular flexibility index (Phi) is 3.48. The lowest BCUT2D eigenvalue weighted by molar-refractivity contribution is 0.807. The van der Waals surface area contributed by atoms with Crippen molar-refractivity contribution < 1.29 is 0 Å². The van der Waals surface area contributed by atoms with Gasteiger partial charge in [-0.15, -0.1) is 0 Å². The maximum Gasteiger partial charge on any atom is 0.193 e. The fourth-order valence-corrected chi connectivity index (χ4v) is 1.92. The molecule has 2 rings (SSSR count). The Morgan fingerprint density at radius 3 is 2.62 bits per heavy atom. The number of nitrogens with two attached hydrogens (primary N) is 1. The van der Waals surface area contributed by atoms with Gasteiger partial charge in [-0.05, 0) is 42.4 Å². The Morgan fingerprint density at radius 1 is 1.19 bits per heavy atom. The Hall–Kier alpha value is -1.46. The van der Waals surface area contributed by atoms with E-state index in [1.807, 2.05) is 19.1 Å². The van der Waals surface area contributed by atoms with Crippen LogP contribution in [0.1, 0.15) is 18.5 Å². The molecular formula is C11H12N4S. The van der Waals surface area contributed by atoms with Gasteiger partial charge in [-0.2, -0.15) is 0 Å². The van der Waals surface area contributed by atoms with Gasteiger partial charge in [0.05, 0.1) is 0 Å². The van der Waals surface area contributed by atoms with Gasteiger partial charge in [0.25, 0.3) is 0 Å². The van der Waals surface area contributed by atoms with E-state index in [0.717, 1.165) is 10.6 Å². The Balaban J connectivity index is 2.19. The van der Waals surface area contributed by atoms with Crippen LogP contribution in [-0.4, -0.2) is 15.0 Å². The molecule has 0 saturated carbocycles. The summed E-state index contributed by atoms with van der Waals surface area (Å²) in [4.78, 5) is 12.5. The smallest absolute Gasteiger partial charge is 0.193 e. The molecule has 4 nitrogen and oxygen atoms in total. The highest BCUT2D eigenvalue weighted by atomic mass is 32.2. The van der Waals surface area contributed by atoms with Crippen LogP contribution in [-0.2, 0) is 0 Å². The zero-order valence-electron chi connectivity index (χ0n) is 8.87. The van der Waals surface area contributed by atoms with Gasteiger partial charge >= 0.3 is 0 Å². The molecule has 0 spiro atoms. The first-order valence-corrected chi connectivity index (χ1v) is 5.74. The molecule has 0 aliphatic carbocycles. The van der Waals surface area contributed by atoms with Crippen molar-refractivity contribution in [3.8, 4) is 0 Å². The first-order chi connectivity index (χ1) is 7.75. The molecule has 0 fully saturated rings. The molecule has 2 aromatic heterocycles. The summed E-state index contributed by atoms with van der Waals surface area (Å²) in [5.41, 5.74) is 6.87. The molecule has 2 N–H and O–H groups in total. The number of rotatable bonds is 3. The number of nitrogens with zero attached hydrogens (tertiary/aromatic N) is 3. The molecular weight excluding hydrogens is 220 g/mol. The first kappa shape index (κ1) is 11.0. The summed E-state index contributed by atoms with van der Waals surface area (Å²) in [5, 5.41) is 1.55. The molecule has 5 heteroatoms. The second-order valence-corrected chi connectivity index (χ2v) is 4.34. The quantitative estimate of drug-likeness (QED) is 0.820. The van der Waals surface area contributed by atoms with Crippen LogP contribution in [0.5, 0.6) is 0 Å². The van der Waals surface area contributed by atoms with Crippen molar-refractivity contribution >= 4 is 11.8 Å². The highest BCUT2D eigenvalue weighted by Gasteiger charge is 2.04. The lowest BCUT2D eigenvalue weighted by Crippen LogP contribution is -2.05. The first-order valence-electron chi connectivity index (χ1n) is 4.92. The minimum absolute atomic E-state index is 0.0130. The van der Waals surface area contributed by atoms with E-state index in [1.54, 1.807) is 24.7 Å². The third-order valence-electron chi connectivity index (χ3n) is 2.02. The Bertz CT molecular complexity index is 459. The predicted molar refractivity (Wildman–Crippen MR) is 63.0 cm³/mol. The van der Waals surface area contributed by atoms with Crippen LogP contribution >= 0.6 is 11.8 Å². The fraction of sp³-hybridized carbons (Fsp3) is 0.182. The normalized spacial score (nSPS) is 12.4. The van der Waals surface area contributed by atoms with E-state index in [-0.39, 0.29) is 6.04 Å². The van der Waals surface area contributed by atoms with Gasteiger partial charge in [0.15, 0.2) is 5.16 Å². The van der Waals surface area contributed by atoms with E-state index in [0.29, 0.717) is 5.16 Å². The van der Waals surface area contributed by atoms with Crippen LogP contribution in [0.2, 0.25) is 0 Å². The van der Waals surface area contributed by atoms with Crippen molar-refractivity contribution in [2.45, 2.75) is 23.1 Å². The van der Waals surface area contributed by atoms with Crippen LogP contribution in [0.4, 0.5) is 0 Å². The fourth-order valence-electron chi connectivity index (χ4n) is 1.20. The number of hydrogen-bond acceptors (Lipinski definition) is 5. The van der Waals surface area contributed by atoms with Gasteiger partial charge in [0, 0.05) is 24.6 Å². The zero-order chi connectivity index (χ0) is 11.4. The topological polar surface area (TPSA) is 64.7 Å². The van der Waals surface area contributed by atoms with E-state index in [9.17, 15) is 0 Å². The Morgan fingerprint density at radius 2 is 1.94 bits per heavy atom. The molecule has 2 heterocycles. The van der Waals surface area contributed by atoms with Gasteiger partial charge in [-0.3, -0.25) is 0 Å². The molecule has 0 aliphatic heterocycles. The Labute approximate surface area is 98.3 Å². The number of pyridine rings is 1. The third-order valence-corrected chi connectivity index (χ3v) is 2.85. The number of aromatic nitrogens is 3.